The fraction of sp³-hybridized carbons (Fsp3) is 0.250. The van der Waals surface area contributed by atoms with Crippen molar-refractivity contribution in [3.05, 3.63) is 42.5 Å². The number of hydrogen-bond acceptors (Lipinski definition) is 3. The van der Waals surface area contributed by atoms with Gasteiger partial charge in [-0.1, -0.05) is 18.2 Å². The third-order valence-corrected chi connectivity index (χ3v) is 2.37. The lowest BCUT2D eigenvalue weighted by atomic mass is 10.3. The molecular formula is C12H15N5O. The van der Waals surface area contributed by atoms with Crippen molar-refractivity contribution in [1.29, 1.82) is 0 Å². The molecule has 1 aromatic carbocycles. The highest BCUT2D eigenvalue weighted by atomic mass is 16.2. The largest absolute Gasteiger partial charge is 0.338 e. The fourth-order valence-electron chi connectivity index (χ4n) is 1.51. The molecule has 94 valence electrons. The van der Waals surface area contributed by atoms with Crippen LogP contribution in [-0.2, 0) is 6.42 Å². The van der Waals surface area contributed by atoms with E-state index in [0.29, 0.717) is 6.54 Å². The number of amides is 2. The molecule has 3 N–H and O–H groups in total. The first-order valence-corrected chi connectivity index (χ1v) is 5.79. The van der Waals surface area contributed by atoms with Crippen LogP contribution in [-0.4, -0.2) is 27.8 Å². The zero-order valence-corrected chi connectivity index (χ0v) is 9.89. The van der Waals surface area contributed by atoms with E-state index in [1.54, 1.807) is 0 Å². The van der Waals surface area contributed by atoms with Crippen LogP contribution in [0.5, 0.6) is 0 Å². The van der Waals surface area contributed by atoms with Crippen molar-refractivity contribution in [1.82, 2.24) is 20.5 Å². The average molecular weight is 245 g/mol. The Hall–Kier alpha value is -2.37. The minimum atomic E-state index is -0.196. The fourth-order valence-corrected chi connectivity index (χ4v) is 1.51. The minimum absolute atomic E-state index is 0.196. The molecule has 0 fully saturated rings. The molecule has 2 rings (SSSR count). The molecule has 0 aliphatic heterocycles. The lowest BCUT2D eigenvalue weighted by Gasteiger charge is -2.06. The summed E-state index contributed by atoms with van der Waals surface area (Å²) >= 11 is 0. The zero-order valence-electron chi connectivity index (χ0n) is 9.89. The molecule has 0 spiro atoms. The SMILES string of the molecule is O=C(NCCCc1ncn[nH]1)Nc1ccccc1. The third-order valence-electron chi connectivity index (χ3n) is 2.37. The molecule has 0 unspecified atom stereocenters. The standard InChI is InChI=1S/C12H15N5O/c18-12(16-10-5-2-1-3-6-10)13-8-4-7-11-14-9-15-17-11/h1-3,5-6,9H,4,7-8H2,(H2,13,16,18)(H,14,15,17). The van der Waals surface area contributed by atoms with Crippen LogP contribution in [0.3, 0.4) is 0 Å². The van der Waals surface area contributed by atoms with E-state index in [9.17, 15) is 4.79 Å². The van der Waals surface area contributed by atoms with Crippen LogP contribution in [0.4, 0.5) is 10.5 Å². The van der Waals surface area contributed by atoms with Crippen molar-refractivity contribution >= 4 is 11.7 Å². The minimum Gasteiger partial charge on any atom is -0.338 e. The summed E-state index contributed by atoms with van der Waals surface area (Å²) in [7, 11) is 0. The zero-order chi connectivity index (χ0) is 12.6. The molecule has 1 aromatic heterocycles. The highest BCUT2D eigenvalue weighted by Gasteiger charge is 2.00. The second-order valence-corrected chi connectivity index (χ2v) is 3.78. The maximum atomic E-state index is 11.5. The Morgan fingerprint density at radius 1 is 1.28 bits per heavy atom. The number of aromatic amines is 1. The van der Waals surface area contributed by atoms with Crippen molar-refractivity contribution in [3.8, 4) is 0 Å². The third kappa shape index (κ3) is 3.89. The Morgan fingerprint density at radius 3 is 2.83 bits per heavy atom. The molecule has 0 saturated carbocycles. The second-order valence-electron chi connectivity index (χ2n) is 3.78. The van der Waals surface area contributed by atoms with Crippen molar-refractivity contribution < 1.29 is 4.79 Å². The molecule has 0 saturated heterocycles. The van der Waals surface area contributed by atoms with Crippen molar-refractivity contribution in [2.75, 3.05) is 11.9 Å². The molecule has 2 amide bonds. The van der Waals surface area contributed by atoms with E-state index >= 15 is 0 Å². The number of rotatable bonds is 5. The number of H-pyrrole nitrogens is 1. The van der Waals surface area contributed by atoms with Gasteiger partial charge in [0.1, 0.15) is 12.2 Å². The predicted molar refractivity (Wildman–Crippen MR) is 68.2 cm³/mol. The highest BCUT2D eigenvalue weighted by Crippen LogP contribution is 2.04. The van der Waals surface area contributed by atoms with E-state index in [4.69, 9.17) is 0 Å². The number of aromatic nitrogens is 3. The van der Waals surface area contributed by atoms with Gasteiger partial charge in [-0.2, -0.15) is 5.10 Å². The first-order valence-electron chi connectivity index (χ1n) is 5.79. The summed E-state index contributed by atoms with van der Waals surface area (Å²) in [5.41, 5.74) is 0.783. The molecule has 18 heavy (non-hydrogen) atoms. The Labute approximate surface area is 105 Å². The maximum Gasteiger partial charge on any atom is 0.319 e. The van der Waals surface area contributed by atoms with E-state index < -0.39 is 0 Å². The summed E-state index contributed by atoms with van der Waals surface area (Å²) in [5, 5.41) is 12.1. The summed E-state index contributed by atoms with van der Waals surface area (Å²) in [6.45, 7) is 0.597. The van der Waals surface area contributed by atoms with Crippen LogP contribution in [0.15, 0.2) is 36.7 Å². The summed E-state index contributed by atoms with van der Waals surface area (Å²) in [6, 6.07) is 9.14. The number of benzene rings is 1. The van der Waals surface area contributed by atoms with Crippen molar-refractivity contribution in [2.24, 2.45) is 0 Å². The first-order chi connectivity index (χ1) is 8.84. The van der Waals surface area contributed by atoms with Gasteiger partial charge in [0.2, 0.25) is 0 Å². The van der Waals surface area contributed by atoms with Gasteiger partial charge in [0.15, 0.2) is 0 Å². The van der Waals surface area contributed by atoms with Crippen LogP contribution in [0.25, 0.3) is 0 Å². The number of anilines is 1. The van der Waals surface area contributed by atoms with Gasteiger partial charge < -0.3 is 10.6 Å². The summed E-state index contributed by atoms with van der Waals surface area (Å²) in [4.78, 5) is 15.5. The van der Waals surface area contributed by atoms with Crippen molar-refractivity contribution in [2.45, 2.75) is 12.8 Å². The van der Waals surface area contributed by atoms with Gasteiger partial charge in [-0.25, -0.2) is 9.78 Å². The number of urea groups is 1. The van der Waals surface area contributed by atoms with E-state index in [1.165, 1.54) is 6.33 Å². The summed E-state index contributed by atoms with van der Waals surface area (Å²) < 4.78 is 0. The highest BCUT2D eigenvalue weighted by molar-refractivity contribution is 5.89. The van der Waals surface area contributed by atoms with Crippen LogP contribution < -0.4 is 10.6 Å². The maximum absolute atomic E-state index is 11.5. The molecule has 2 aromatic rings. The van der Waals surface area contributed by atoms with Gasteiger partial charge in [0.05, 0.1) is 0 Å². The monoisotopic (exact) mass is 245 g/mol. The molecule has 0 atom stereocenters. The van der Waals surface area contributed by atoms with Crippen LogP contribution in [0, 0.1) is 0 Å². The Bertz CT molecular complexity index is 468. The number of hydrogen-bond donors (Lipinski definition) is 3. The average Bonchev–Trinajstić information content (AvgIpc) is 2.89. The smallest absolute Gasteiger partial charge is 0.319 e. The van der Waals surface area contributed by atoms with Gasteiger partial charge in [0.25, 0.3) is 0 Å². The number of para-hydroxylation sites is 1. The molecule has 0 bridgehead atoms. The lowest BCUT2D eigenvalue weighted by Crippen LogP contribution is -2.29. The Kier molecular flexibility index (Phi) is 4.29. The van der Waals surface area contributed by atoms with Crippen LogP contribution >= 0.6 is 0 Å². The molecule has 6 heteroatoms. The van der Waals surface area contributed by atoms with E-state index in [1.807, 2.05) is 30.3 Å². The molecule has 6 nitrogen and oxygen atoms in total. The number of nitrogens with zero attached hydrogens (tertiary/aromatic N) is 2. The normalized spacial score (nSPS) is 10.0. The van der Waals surface area contributed by atoms with Gasteiger partial charge in [-0.15, -0.1) is 0 Å². The van der Waals surface area contributed by atoms with Crippen LogP contribution in [0.1, 0.15) is 12.2 Å². The molecule has 0 aliphatic carbocycles. The molecule has 0 aliphatic rings. The molecule has 0 radical (unpaired) electrons. The van der Waals surface area contributed by atoms with Gasteiger partial charge >= 0.3 is 6.03 Å². The number of carbonyl (C=O) groups excluding carboxylic acids is 1. The lowest BCUT2D eigenvalue weighted by molar-refractivity contribution is 0.252. The number of aryl methyl sites for hydroxylation is 1. The van der Waals surface area contributed by atoms with E-state index in [2.05, 4.69) is 25.8 Å². The topological polar surface area (TPSA) is 82.7 Å². The summed E-state index contributed by atoms with van der Waals surface area (Å²) in [5.74, 6) is 0.834. The number of nitrogens with one attached hydrogen (secondary N) is 3. The Balaban J connectivity index is 1.63. The number of carbonyl (C=O) groups is 1. The first kappa shape index (κ1) is 12.1. The Morgan fingerprint density at radius 2 is 2.11 bits per heavy atom. The van der Waals surface area contributed by atoms with Gasteiger partial charge in [-0.05, 0) is 18.6 Å². The van der Waals surface area contributed by atoms with Crippen molar-refractivity contribution in [3.63, 3.8) is 0 Å². The van der Waals surface area contributed by atoms with Crippen LogP contribution in [0.2, 0.25) is 0 Å². The summed E-state index contributed by atoms with van der Waals surface area (Å²) in [6.07, 6.45) is 3.06. The molecular weight excluding hydrogens is 230 g/mol. The van der Waals surface area contributed by atoms with E-state index in [0.717, 1.165) is 24.4 Å². The molecule has 1 heterocycles. The van der Waals surface area contributed by atoms with Gasteiger partial charge in [-0.3, -0.25) is 5.10 Å². The van der Waals surface area contributed by atoms with E-state index in [-0.39, 0.29) is 6.03 Å². The van der Waals surface area contributed by atoms with Gasteiger partial charge in [0, 0.05) is 18.7 Å². The quantitative estimate of drug-likeness (QED) is 0.699. The predicted octanol–water partition coefficient (Wildman–Crippen LogP) is 1.56. The second kappa shape index (κ2) is 6.39.